The maximum absolute atomic E-state index is 10.9. The van der Waals surface area contributed by atoms with E-state index in [0.717, 1.165) is 0 Å². The minimum Gasteiger partial charge on any atom is -0.282 e. The monoisotopic (exact) mass is 256 g/mol. The third kappa shape index (κ3) is 2.60. The number of halogens is 2. The maximum atomic E-state index is 10.9. The predicted octanol–water partition coefficient (Wildman–Crippen LogP) is 2.63. The Kier molecular flexibility index (Phi) is 4.39. The van der Waals surface area contributed by atoms with Crippen LogP contribution < -0.4 is 0 Å². The molecule has 0 unspecified atom stereocenters. The SMILES string of the molecule is Cc1ccc(C)c(S(=O)(=O)O)c1Cl.Cl. The van der Waals surface area contributed by atoms with E-state index in [2.05, 4.69) is 0 Å². The molecule has 1 aromatic rings. The molecule has 0 aliphatic rings. The van der Waals surface area contributed by atoms with Crippen molar-refractivity contribution in [3.8, 4) is 0 Å². The van der Waals surface area contributed by atoms with Crippen molar-refractivity contribution >= 4 is 34.1 Å². The zero-order chi connectivity index (χ0) is 10.2. The fourth-order valence-corrected chi connectivity index (χ4v) is 2.43. The van der Waals surface area contributed by atoms with Gasteiger partial charge in [0.25, 0.3) is 10.1 Å². The van der Waals surface area contributed by atoms with E-state index in [1.54, 1.807) is 26.0 Å². The lowest BCUT2D eigenvalue weighted by molar-refractivity contribution is 0.482. The number of aryl methyl sites for hydroxylation is 2. The summed E-state index contributed by atoms with van der Waals surface area (Å²) in [5.41, 5.74) is 1.07. The van der Waals surface area contributed by atoms with Crippen LogP contribution in [0.1, 0.15) is 11.1 Å². The van der Waals surface area contributed by atoms with E-state index in [0.29, 0.717) is 11.1 Å². The van der Waals surface area contributed by atoms with Gasteiger partial charge in [0.1, 0.15) is 4.90 Å². The fourth-order valence-electron chi connectivity index (χ4n) is 1.07. The lowest BCUT2D eigenvalue weighted by Crippen LogP contribution is -2.02. The fraction of sp³-hybridized carbons (Fsp3) is 0.250. The van der Waals surface area contributed by atoms with Crippen molar-refractivity contribution in [1.82, 2.24) is 0 Å². The molecule has 6 heteroatoms. The van der Waals surface area contributed by atoms with Gasteiger partial charge in [-0.05, 0) is 25.0 Å². The van der Waals surface area contributed by atoms with E-state index in [-0.39, 0.29) is 22.3 Å². The van der Waals surface area contributed by atoms with Crippen LogP contribution in [0.3, 0.4) is 0 Å². The lowest BCUT2D eigenvalue weighted by atomic mass is 10.2. The molecule has 0 atom stereocenters. The highest BCUT2D eigenvalue weighted by molar-refractivity contribution is 7.86. The molecule has 0 spiro atoms. The van der Waals surface area contributed by atoms with E-state index >= 15 is 0 Å². The van der Waals surface area contributed by atoms with Crippen LogP contribution in [0.4, 0.5) is 0 Å². The summed E-state index contributed by atoms with van der Waals surface area (Å²) in [7, 11) is -4.22. The third-order valence-corrected chi connectivity index (χ3v) is 3.39. The summed E-state index contributed by atoms with van der Waals surface area (Å²) in [5.74, 6) is 0. The summed E-state index contributed by atoms with van der Waals surface area (Å²) in [4.78, 5) is -0.200. The molecular weight excluding hydrogens is 247 g/mol. The van der Waals surface area contributed by atoms with Crippen LogP contribution in [-0.2, 0) is 10.1 Å². The van der Waals surface area contributed by atoms with Crippen molar-refractivity contribution in [2.24, 2.45) is 0 Å². The Bertz CT molecular complexity index is 440. The second-order valence-corrected chi connectivity index (χ2v) is 4.55. The van der Waals surface area contributed by atoms with Gasteiger partial charge in [0, 0.05) is 0 Å². The molecular formula is C8H10Cl2O3S. The van der Waals surface area contributed by atoms with Crippen LogP contribution in [0.15, 0.2) is 17.0 Å². The molecule has 80 valence electrons. The summed E-state index contributed by atoms with van der Waals surface area (Å²) in [6.07, 6.45) is 0. The van der Waals surface area contributed by atoms with E-state index in [4.69, 9.17) is 16.2 Å². The van der Waals surface area contributed by atoms with Gasteiger partial charge in [-0.15, -0.1) is 12.4 Å². The number of hydrogen-bond donors (Lipinski definition) is 1. The largest absolute Gasteiger partial charge is 0.296 e. The Morgan fingerprint density at radius 3 is 2.00 bits per heavy atom. The minimum absolute atomic E-state index is 0. The average Bonchev–Trinajstić information content (AvgIpc) is 1.95. The van der Waals surface area contributed by atoms with Crippen LogP contribution >= 0.6 is 24.0 Å². The van der Waals surface area contributed by atoms with Crippen molar-refractivity contribution in [2.75, 3.05) is 0 Å². The molecule has 0 heterocycles. The Morgan fingerprint density at radius 1 is 1.21 bits per heavy atom. The summed E-state index contributed by atoms with van der Waals surface area (Å²) >= 11 is 5.74. The van der Waals surface area contributed by atoms with Gasteiger partial charge in [-0.3, -0.25) is 4.55 Å². The first-order valence-electron chi connectivity index (χ1n) is 3.57. The van der Waals surface area contributed by atoms with Gasteiger partial charge in [0.2, 0.25) is 0 Å². The first-order valence-corrected chi connectivity index (χ1v) is 5.39. The molecule has 0 fully saturated rings. The molecule has 0 radical (unpaired) electrons. The molecule has 1 N–H and O–H groups in total. The second-order valence-electron chi connectivity index (χ2n) is 2.82. The number of rotatable bonds is 1. The van der Waals surface area contributed by atoms with Gasteiger partial charge in [0.05, 0.1) is 5.02 Å². The number of benzene rings is 1. The molecule has 3 nitrogen and oxygen atoms in total. The van der Waals surface area contributed by atoms with Crippen LogP contribution in [-0.4, -0.2) is 13.0 Å². The third-order valence-electron chi connectivity index (χ3n) is 1.75. The van der Waals surface area contributed by atoms with Gasteiger partial charge in [-0.1, -0.05) is 23.7 Å². The Morgan fingerprint density at radius 2 is 1.64 bits per heavy atom. The van der Waals surface area contributed by atoms with Gasteiger partial charge >= 0.3 is 0 Å². The van der Waals surface area contributed by atoms with Gasteiger partial charge < -0.3 is 0 Å². The van der Waals surface area contributed by atoms with Crippen LogP contribution in [0, 0.1) is 13.8 Å². The second kappa shape index (κ2) is 4.49. The summed E-state index contributed by atoms with van der Waals surface area (Å²) in [6.45, 7) is 3.25. The maximum Gasteiger partial charge on any atom is 0.296 e. The molecule has 14 heavy (non-hydrogen) atoms. The predicted molar refractivity (Wildman–Crippen MR) is 58.0 cm³/mol. The summed E-state index contributed by atoms with van der Waals surface area (Å²) in [5, 5.41) is 0.0856. The molecule has 0 saturated carbocycles. The minimum atomic E-state index is -4.22. The zero-order valence-electron chi connectivity index (χ0n) is 7.61. The van der Waals surface area contributed by atoms with E-state index < -0.39 is 10.1 Å². The summed E-state index contributed by atoms with van der Waals surface area (Å²) in [6, 6.07) is 3.30. The van der Waals surface area contributed by atoms with Crippen molar-refractivity contribution < 1.29 is 13.0 Å². The molecule has 0 aliphatic carbocycles. The highest BCUT2D eigenvalue weighted by atomic mass is 35.5. The Balaban J connectivity index is 0.00000169. The van der Waals surface area contributed by atoms with Crippen molar-refractivity contribution in [2.45, 2.75) is 18.7 Å². The Labute approximate surface area is 94.2 Å². The number of hydrogen-bond acceptors (Lipinski definition) is 2. The van der Waals surface area contributed by atoms with Gasteiger partial charge in [-0.2, -0.15) is 8.42 Å². The zero-order valence-corrected chi connectivity index (χ0v) is 10.0. The van der Waals surface area contributed by atoms with Crippen molar-refractivity contribution in [3.05, 3.63) is 28.3 Å². The van der Waals surface area contributed by atoms with Gasteiger partial charge in [-0.25, -0.2) is 0 Å². The molecule has 0 saturated heterocycles. The molecule has 0 amide bonds. The highest BCUT2D eigenvalue weighted by Gasteiger charge is 2.18. The molecule has 1 aromatic carbocycles. The molecule has 0 bridgehead atoms. The van der Waals surface area contributed by atoms with E-state index in [1.165, 1.54) is 0 Å². The van der Waals surface area contributed by atoms with Gasteiger partial charge in [0.15, 0.2) is 0 Å². The normalized spacial score (nSPS) is 10.9. The first-order chi connectivity index (χ1) is 5.84. The average molecular weight is 257 g/mol. The smallest absolute Gasteiger partial charge is 0.282 e. The van der Waals surface area contributed by atoms with Crippen LogP contribution in [0.25, 0.3) is 0 Å². The Hall–Kier alpha value is -0.290. The van der Waals surface area contributed by atoms with Crippen LogP contribution in [0.2, 0.25) is 5.02 Å². The van der Waals surface area contributed by atoms with Crippen molar-refractivity contribution in [1.29, 1.82) is 0 Å². The summed E-state index contributed by atoms with van der Waals surface area (Å²) < 4.78 is 30.7. The highest BCUT2D eigenvalue weighted by Crippen LogP contribution is 2.27. The topological polar surface area (TPSA) is 54.4 Å². The van der Waals surface area contributed by atoms with Crippen molar-refractivity contribution in [3.63, 3.8) is 0 Å². The van der Waals surface area contributed by atoms with Crippen LogP contribution in [0.5, 0.6) is 0 Å². The quantitative estimate of drug-likeness (QED) is 0.787. The lowest BCUT2D eigenvalue weighted by Gasteiger charge is -2.06. The van der Waals surface area contributed by atoms with E-state index in [9.17, 15) is 8.42 Å². The molecule has 1 rings (SSSR count). The molecule has 0 aromatic heterocycles. The first kappa shape index (κ1) is 13.7. The standard InChI is InChI=1S/C8H9ClO3S.ClH/c1-5-3-4-6(2)8(7(5)9)13(10,11)12;/h3-4H,1-2H3,(H,10,11,12);1H. The van der Waals surface area contributed by atoms with E-state index in [1.807, 2.05) is 0 Å². The molecule has 0 aliphatic heterocycles.